The number of nitrogens with one attached hydrogen (secondary N) is 1. The van der Waals surface area contributed by atoms with Crippen molar-refractivity contribution in [2.24, 2.45) is 0 Å². The van der Waals surface area contributed by atoms with Crippen molar-refractivity contribution in [3.05, 3.63) is 30.3 Å². The van der Waals surface area contributed by atoms with Gasteiger partial charge < -0.3 is 5.32 Å². The second kappa shape index (κ2) is 5.67. The second-order valence-electron chi connectivity index (χ2n) is 4.62. The Morgan fingerprint density at radius 3 is 2.33 bits per heavy atom. The first-order chi connectivity index (χ1) is 8.68. The molecule has 3 amide bonds. The summed E-state index contributed by atoms with van der Waals surface area (Å²) in [6.07, 6.45) is 4.31. The molecule has 0 aliphatic heterocycles. The monoisotopic (exact) mass is 246 g/mol. The number of carbonyl (C=O) groups is 2. The minimum Gasteiger partial charge on any atom is -0.335 e. The molecule has 18 heavy (non-hydrogen) atoms. The molecular formula is C14H18N2O2. The van der Waals surface area contributed by atoms with E-state index in [1.54, 1.807) is 12.1 Å². The number of urea groups is 1. The van der Waals surface area contributed by atoms with E-state index in [4.69, 9.17) is 0 Å². The van der Waals surface area contributed by atoms with E-state index in [1.807, 2.05) is 18.2 Å². The fourth-order valence-corrected chi connectivity index (χ4v) is 2.33. The van der Waals surface area contributed by atoms with Crippen LogP contribution in [-0.4, -0.2) is 18.0 Å². The Bertz CT molecular complexity index is 425. The Balaban J connectivity index is 2.10. The first kappa shape index (κ1) is 12.6. The molecule has 0 radical (unpaired) electrons. The van der Waals surface area contributed by atoms with Gasteiger partial charge >= 0.3 is 6.03 Å². The Morgan fingerprint density at radius 1 is 1.17 bits per heavy atom. The fourth-order valence-electron chi connectivity index (χ4n) is 2.33. The minimum absolute atomic E-state index is 0.211. The lowest BCUT2D eigenvalue weighted by molar-refractivity contribution is -0.115. The highest BCUT2D eigenvalue weighted by molar-refractivity contribution is 6.13. The summed E-state index contributed by atoms with van der Waals surface area (Å²) in [5.74, 6) is -0.267. The van der Waals surface area contributed by atoms with Crippen molar-refractivity contribution >= 4 is 17.6 Å². The number of anilines is 1. The average molecular weight is 246 g/mol. The highest BCUT2D eigenvalue weighted by Gasteiger charge is 2.24. The molecule has 1 aliphatic rings. The van der Waals surface area contributed by atoms with Crippen LogP contribution in [0.3, 0.4) is 0 Å². The van der Waals surface area contributed by atoms with Gasteiger partial charge in [0.2, 0.25) is 5.91 Å². The molecule has 1 aliphatic carbocycles. The number of rotatable bonds is 2. The molecule has 1 aromatic rings. The molecule has 1 N–H and O–H groups in total. The number of para-hydroxylation sites is 1. The van der Waals surface area contributed by atoms with E-state index < -0.39 is 0 Å². The van der Waals surface area contributed by atoms with Crippen molar-refractivity contribution < 1.29 is 9.59 Å². The van der Waals surface area contributed by atoms with Gasteiger partial charge in [0, 0.05) is 13.0 Å². The molecule has 0 aromatic heterocycles. The van der Waals surface area contributed by atoms with Crippen molar-refractivity contribution in [3.8, 4) is 0 Å². The molecular weight excluding hydrogens is 228 g/mol. The third-order valence-corrected chi connectivity index (χ3v) is 3.22. The molecule has 4 nitrogen and oxygen atoms in total. The third kappa shape index (κ3) is 2.88. The van der Waals surface area contributed by atoms with Crippen LogP contribution in [0.25, 0.3) is 0 Å². The van der Waals surface area contributed by atoms with Gasteiger partial charge in [-0.1, -0.05) is 31.0 Å². The number of imide groups is 1. The zero-order valence-corrected chi connectivity index (χ0v) is 10.6. The Kier molecular flexibility index (Phi) is 3.97. The van der Waals surface area contributed by atoms with E-state index in [0.29, 0.717) is 5.69 Å². The summed E-state index contributed by atoms with van der Waals surface area (Å²) in [4.78, 5) is 25.0. The molecule has 0 spiro atoms. The summed E-state index contributed by atoms with van der Waals surface area (Å²) in [5, 5.41) is 2.92. The standard InChI is InChI=1S/C14H18N2O2/c1-11(17)16(13-9-3-2-4-10-13)14(18)15-12-7-5-6-8-12/h2-4,9-10,12H,5-8H2,1H3,(H,15,18). The predicted molar refractivity (Wildman–Crippen MR) is 70.4 cm³/mol. The molecule has 1 aromatic carbocycles. The summed E-state index contributed by atoms with van der Waals surface area (Å²) < 4.78 is 0. The quantitative estimate of drug-likeness (QED) is 0.872. The second-order valence-corrected chi connectivity index (χ2v) is 4.62. The van der Waals surface area contributed by atoms with Gasteiger partial charge in [-0.05, 0) is 25.0 Å². The average Bonchev–Trinajstić information content (AvgIpc) is 2.83. The number of nitrogens with zero attached hydrogens (tertiary/aromatic N) is 1. The van der Waals surface area contributed by atoms with Crippen LogP contribution in [-0.2, 0) is 4.79 Å². The number of hydrogen-bond acceptors (Lipinski definition) is 2. The van der Waals surface area contributed by atoms with E-state index in [0.717, 1.165) is 25.7 Å². The van der Waals surface area contributed by atoms with E-state index in [2.05, 4.69) is 5.32 Å². The molecule has 0 unspecified atom stereocenters. The van der Waals surface area contributed by atoms with Gasteiger partial charge in [0.25, 0.3) is 0 Å². The van der Waals surface area contributed by atoms with Crippen LogP contribution in [0.2, 0.25) is 0 Å². The van der Waals surface area contributed by atoms with E-state index in [9.17, 15) is 9.59 Å². The highest BCUT2D eigenvalue weighted by Crippen LogP contribution is 2.19. The van der Waals surface area contributed by atoms with Gasteiger partial charge in [0.15, 0.2) is 0 Å². The largest absolute Gasteiger partial charge is 0.335 e. The molecule has 0 atom stereocenters. The zero-order chi connectivity index (χ0) is 13.0. The number of benzene rings is 1. The van der Waals surface area contributed by atoms with E-state index >= 15 is 0 Å². The fraction of sp³-hybridized carbons (Fsp3) is 0.429. The lowest BCUT2D eigenvalue weighted by Gasteiger charge is -2.22. The first-order valence-corrected chi connectivity index (χ1v) is 6.34. The third-order valence-electron chi connectivity index (χ3n) is 3.22. The van der Waals surface area contributed by atoms with Crippen LogP contribution >= 0.6 is 0 Å². The summed E-state index contributed by atoms with van der Waals surface area (Å²) >= 11 is 0. The number of amides is 3. The smallest absolute Gasteiger partial charge is 0.328 e. The van der Waals surface area contributed by atoms with Gasteiger partial charge in [-0.15, -0.1) is 0 Å². The maximum absolute atomic E-state index is 12.1. The van der Waals surface area contributed by atoms with Gasteiger partial charge in [-0.3, -0.25) is 4.79 Å². The highest BCUT2D eigenvalue weighted by atomic mass is 16.2. The summed E-state index contributed by atoms with van der Waals surface area (Å²) in [6.45, 7) is 1.40. The molecule has 0 saturated heterocycles. The zero-order valence-electron chi connectivity index (χ0n) is 10.6. The molecule has 4 heteroatoms. The van der Waals surface area contributed by atoms with Gasteiger partial charge in [-0.2, -0.15) is 0 Å². The number of hydrogen-bond donors (Lipinski definition) is 1. The van der Waals surface area contributed by atoms with Crippen LogP contribution in [0.4, 0.5) is 10.5 Å². The molecule has 1 saturated carbocycles. The molecule has 96 valence electrons. The first-order valence-electron chi connectivity index (χ1n) is 6.34. The van der Waals surface area contributed by atoms with Gasteiger partial charge in [0.05, 0.1) is 5.69 Å². The predicted octanol–water partition coefficient (Wildman–Crippen LogP) is 2.69. The summed E-state index contributed by atoms with van der Waals surface area (Å²) in [5.41, 5.74) is 0.612. The van der Waals surface area contributed by atoms with Gasteiger partial charge in [0.1, 0.15) is 0 Å². The lowest BCUT2D eigenvalue weighted by Crippen LogP contribution is -2.46. The summed E-state index contributed by atoms with van der Waals surface area (Å²) in [7, 11) is 0. The maximum Gasteiger partial charge on any atom is 0.328 e. The van der Waals surface area contributed by atoms with Crippen LogP contribution in [0.15, 0.2) is 30.3 Å². The van der Waals surface area contributed by atoms with Crippen molar-refractivity contribution in [1.29, 1.82) is 0 Å². The van der Waals surface area contributed by atoms with E-state index in [-0.39, 0.29) is 18.0 Å². The topological polar surface area (TPSA) is 49.4 Å². The van der Waals surface area contributed by atoms with Crippen LogP contribution in [0, 0.1) is 0 Å². The summed E-state index contributed by atoms with van der Waals surface area (Å²) in [6, 6.07) is 8.90. The minimum atomic E-state index is -0.319. The number of carbonyl (C=O) groups excluding carboxylic acids is 2. The molecule has 1 fully saturated rings. The van der Waals surface area contributed by atoms with Crippen molar-refractivity contribution in [3.63, 3.8) is 0 Å². The SMILES string of the molecule is CC(=O)N(C(=O)NC1CCCC1)c1ccccc1. The van der Waals surface area contributed by atoms with Crippen LogP contribution < -0.4 is 10.2 Å². The van der Waals surface area contributed by atoms with Crippen molar-refractivity contribution in [2.75, 3.05) is 4.90 Å². The van der Waals surface area contributed by atoms with Crippen molar-refractivity contribution in [2.45, 2.75) is 38.6 Å². The molecule has 0 heterocycles. The molecule has 0 bridgehead atoms. The normalized spacial score (nSPS) is 15.4. The van der Waals surface area contributed by atoms with Crippen LogP contribution in [0.5, 0.6) is 0 Å². The Hall–Kier alpha value is -1.84. The Labute approximate surface area is 107 Å². The van der Waals surface area contributed by atoms with Gasteiger partial charge in [-0.25, -0.2) is 9.69 Å². The molecule has 2 rings (SSSR count). The van der Waals surface area contributed by atoms with Crippen LogP contribution in [0.1, 0.15) is 32.6 Å². The Morgan fingerprint density at radius 2 is 1.78 bits per heavy atom. The van der Waals surface area contributed by atoms with Crippen molar-refractivity contribution in [1.82, 2.24) is 5.32 Å². The maximum atomic E-state index is 12.1. The lowest BCUT2D eigenvalue weighted by atomic mass is 10.2. The van der Waals surface area contributed by atoms with E-state index in [1.165, 1.54) is 11.8 Å².